The van der Waals surface area contributed by atoms with Crippen molar-refractivity contribution in [2.24, 2.45) is 5.92 Å². The van der Waals surface area contributed by atoms with Gasteiger partial charge < -0.3 is 10.6 Å². The van der Waals surface area contributed by atoms with Gasteiger partial charge in [-0.2, -0.15) is 0 Å². The van der Waals surface area contributed by atoms with E-state index in [2.05, 4.69) is 34.7 Å². The summed E-state index contributed by atoms with van der Waals surface area (Å²) in [7, 11) is 0. The van der Waals surface area contributed by atoms with Crippen molar-refractivity contribution in [2.45, 2.75) is 39.7 Å². The van der Waals surface area contributed by atoms with E-state index in [0.29, 0.717) is 18.5 Å². The summed E-state index contributed by atoms with van der Waals surface area (Å²) in [6, 6.07) is 0.0482. The summed E-state index contributed by atoms with van der Waals surface area (Å²) in [6.45, 7) is 9.66. The van der Waals surface area contributed by atoms with Crippen LogP contribution in [0.3, 0.4) is 0 Å². The Balaban J connectivity index is 2.41. The number of rotatable bonds is 7. The fourth-order valence-corrected chi connectivity index (χ4v) is 2.52. The van der Waals surface area contributed by atoms with Crippen LogP contribution >= 0.6 is 0 Å². The zero-order valence-corrected chi connectivity index (χ0v) is 12.9. The van der Waals surface area contributed by atoms with Crippen molar-refractivity contribution >= 4 is 11.9 Å². The lowest BCUT2D eigenvalue weighted by molar-refractivity contribution is -0.121. The van der Waals surface area contributed by atoms with Gasteiger partial charge in [0, 0.05) is 25.7 Å². The van der Waals surface area contributed by atoms with Crippen LogP contribution in [0.2, 0.25) is 0 Å². The highest BCUT2D eigenvalue weighted by Gasteiger charge is 2.20. The number of nitrogens with zero attached hydrogens (tertiary/aromatic N) is 1. The Labute approximate surface area is 121 Å². The molecule has 0 spiro atoms. The van der Waals surface area contributed by atoms with Gasteiger partial charge in [-0.1, -0.05) is 13.8 Å². The summed E-state index contributed by atoms with van der Waals surface area (Å²) in [6.07, 6.45) is 2.36. The second-order valence-electron chi connectivity index (χ2n) is 5.79. The minimum Gasteiger partial charge on any atom is -0.338 e. The number of imide groups is 1. The van der Waals surface area contributed by atoms with Crippen LogP contribution in [-0.4, -0.2) is 55.6 Å². The first-order valence-electron chi connectivity index (χ1n) is 7.54. The molecule has 0 bridgehead atoms. The molecular formula is C14H28N4O2. The molecule has 1 rings (SSSR count). The lowest BCUT2D eigenvalue weighted by atomic mass is 10.1. The number of nitrogens with one attached hydrogen (secondary N) is 3. The van der Waals surface area contributed by atoms with Crippen molar-refractivity contribution < 1.29 is 9.59 Å². The van der Waals surface area contributed by atoms with Crippen molar-refractivity contribution in [3.05, 3.63) is 0 Å². The van der Waals surface area contributed by atoms with Crippen molar-refractivity contribution in [1.29, 1.82) is 0 Å². The van der Waals surface area contributed by atoms with Gasteiger partial charge in [-0.05, 0) is 32.2 Å². The van der Waals surface area contributed by atoms with E-state index in [9.17, 15) is 9.59 Å². The van der Waals surface area contributed by atoms with E-state index < -0.39 is 6.03 Å². The summed E-state index contributed by atoms with van der Waals surface area (Å²) in [5.41, 5.74) is 0. The van der Waals surface area contributed by atoms with Crippen molar-refractivity contribution in [1.82, 2.24) is 20.9 Å². The van der Waals surface area contributed by atoms with Crippen LogP contribution in [-0.2, 0) is 4.79 Å². The Bertz CT molecular complexity index is 314. The van der Waals surface area contributed by atoms with E-state index in [0.717, 1.165) is 26.1 Å². The van der Waals surface area contributed by atoms with Crippen LogP contribution < -0.4 is 16.0 Å². The van der Waals surface area contributed by atoms with Gasteiger partial charge in [0.05, 0.1) is 6.54 Å². The number of urea groups is 1. The third kappa shape index (κ3) is 6.86. The first-order valence-corrected chi connectivity index (χ1v) is 7.54. The summed E-state index contributed by atoms with van der Waals surface area (Å²) >= 11 is 0. The lowest BCUT2D eigenvalue weighted by Gasteiger charge is -2.26. The van der Waals surface area contributed by atoms with E-state index in [1.165, 1.54) is 6.42 Å². The molecule has 0 aromatic rings. The van der Waals surface area contributed by atoms with Gasteiger partial charge in [-0.15, -0.1) is 0 Å². The number of carbonyl (C=O) groups is 2. The molecule has 0 aromatic heterocycles. The van der Waals surface area contributed by atoms with Crippen LogP contribution in [0.15, 0.2) is 0 Å². The minimum atomic E-state index is -0.416. The molecule has 3 N–H and O–H groups in total. The van der Waals surface area contributed by atoms with E-state index in [1.807, 2.05) is 6.92 Å². The molecule has 116 valence electrons. The number of carbonyl (C=O) groups excluding carboxylic acids is 2. The monoisotopic (exact) mass is 284 g/mol. The molecular weight excluding hydrogens is 256 g/mol. The molecule has 6 heteroatoms. The zero-order valence-electron chi connectivity index (χ0n) is 12.9. The lowest BCUT2D eigenvalue weighted by Crippen LogP contribution is -2.47. The van der Waals surface area contributed by atoms with Gasteiger partial charge in [0.25, 0.3) is 0 Å². The Morgan fingerprint density at radius 2 is 2.15 bits per heavy atom. The fourth-order valence-electron chi connectivity index (χ4n) is 2.52. The summed E-state index contributed by atoms with van der Waals surface area (Å²) in [5.74, 6) is 0.253. The molecule has 6 nitrogen and oxygen atoms in total. The summed E-state index contributed by atoms with van der Waals surface area (Å²) in [5, 5.41) is 8.36. The van der Waals surface area contributed by atoms with Crippen molar-refractivity contribution in [2.75, 3.05) is 32.7 Å². The van der Waals surface area contributed by atoms with Crippen LogP contribution in [0, 0.1) is 5.92 Å². The van der Waals surface area contributed by atoms with Crippen LogP contribution in [0.4, 0.5) is 4.79 Å². The second-order valence-corrected chi connectivity index (χ2v) is 5.79. The molecule has 0 saturated carbocycles. The molecule has 1 unspecified atom stereocenters. The molecule has 0 radical (unpaired) electrons. The van der Waals surface area contributed by atoms with E-state index >= 15 is 0 Å². The average Bonchev–Trinajstić information content (AvgIpc) is 2.80. The number of amides is 3. The normalized spacial score (nSPS) is 18.6. The molecule has 0 aromatic carbocycles. The van der Waals surface area contributed by atoms with Crippen LogP contribution in [0.25, 0.3) is 0 Å². The van der Waals surface area contributed by atoms with Gasteiger partial charge in [0.1, 0.15) is 0 Å². The SMILES string of the molecule is CCNC(=O)NC(=O)CN(CC(C)C)CC1CCCN1. The molecule has 3 amide bonds. The highest BCUT2D eigenvalue weighted by molar-refractivity contribution is 5.95. The Morgan fingerprint density at radius 1 is 1.40 bits per heavy atom. The van der Waals surface area contributed by atoms with E-state index in [4.69, 9.17) is 0 Å². The highest BCUT2D eigenvalue weighted by atomic mass is 16.2. The van der Waals surface area contributed by atoms with Gasteiger partial charge in [0.15, 0.2) is 0 Å². The second kappa shape index (κ2) is 8.92. The van der Waals surface area contributed by atoms with E-state index in [-0.39, 0.29) is 12.5 Å². The molecule has 1 heterocycles. The highest BCUT2D eigenvalue weighted by Crippen LogP contribution is 2.08. The average molecular weight is 284 g/mol. The summed E-state index contributed by atoms with van der Waals surface area (Å²) in [4.78, 5) is 25.3. The van der Waals surface area contributed by atoms with Crippen LogP contribution in [0.1, 0.15) is 33.6 Å². The maximum absolute atomic E-state index is 11.9. The Hall–Kier alpha value is -1.14. The Morgan fingerprint density at radius 3 is 2.70 bits per heavy atom. The minimum absolute atomic E-state index is 0.241. The summed E-state index contributed by atoms with van der Waals surface area (Å²) < 4.78 is 0. The predicted octanol–water partition coefficient (Wildman–Crippen LogP) is 0.542. The fraction of sp³-hybridized carbons (Fsp3) is 0.857. The maximum Gasteiger partial charge on any atom is 0.321 e. The van der Waals surface area contributed by atoms with Crippen LogP contribution in [0.5, 0.6) is 0 Å². The smallest absolute Gasteiger partial charge is 0.321 e. The van der Waals surface area contributed by atoms with Gasteiger partial charge in [-0.3, -0.25) is 15.0 Å². The van der Waals surface area contributed by atoms with Crippen molar-refractivity contribution in [3.8, 4) is 0 Å². The first kappa shape index (κ1) is 16.9. The molecule has 1 fully saturated rings. The largest absolute Gasteiger partial charge is 0.338 e. The predicted molar refractivity (Wildman–Crippen MR) is 79.5 cm³/mol. The zero-order chi connectivity index (χ0) is 15.0. The third-order valence-corrected chi connectivity index (χ3v) is 3.22. The van der Waals surface area contributed by atoms with E-state index in [1.54, 1.807) is 0 Å². The van der Waals surface area contributed by atoms with Gasteiger partial charge in [-0.25, -0.2) is 4.79 Å². The van der Waals surface area contributed by atoms with Crippen molar-refractivity contribution in [3.63, 3.8) is 0 Å². The molecule has 1 atom stereocenters. The van der Waals surface area contributed by atoms with Gasteiger partial charge >= 0.3 is 6.03 Å². The number of hydrogen-bond acceptors (Lipinski definition) is 4. The number of hydrogen-bond donors (Lipinski definition) is 3. The molecule has 1 aliphatic rings. The Kier molecular flexibility index (Phi) is 7.54. The molecule has 0 aliphatic carbocycles. The standard InChI is InChI=1S/C14H28N4O2/c1-4-15-14(20)17-13(19)10-18(8-11(2)3)9-12-6-5-7-16-12/h11-12,16H,4-10H2,1-3H3,(H2,15,17,19,20). The molecule has 20 heavy (non-hydrogen) atoms. The quantitative estimate of drug-likeness (QED) is 0.638. The third-order valence-electron chi connectivity index (χ3n) is 3.22. The maximum atomic E-state index is 11.9. The van der Waals surface area contributed by atoms with Gasteiger partial charge in [0.2, 0.25) is 5.91 Å². The molecule has 1 saturated heterocycles. The first-order chi connectivity index (χ1) is 9.51. The topological polar surface area (TPSA) is 73.5 Å². The molecule has 1 aliphatic heterocycles.